The lowest BCUT2D eigenvalue weighted by Gasteiger charge is -2.18. The average molecular weight is 500 g/mol. The molecule has 4 rings (SSSR count). The van der Waals surface area contributed by atoms with Gasteiger partial charge in [-0.15, -0.1) is 21.5 Å². The van der Waals surface area contributed by atoms with E-state index in [4.69, 9.17) is 0 Å². The Kier molecular flexibility index (Phi) is 7.38. The van der Waals surface area contributed by atoms with Gasteiger partial charge in [0, 0.05) is 24.6 Å². The molecule has 4 aromatic rings. The highest BCUT2D eigenvalue weighted by atomic mass is 32.2. The third-order valence-corrected chi connectivity index (χ3v) is 6.74. The number of nitrogens with zero attached hydrogens (tertiary/aromatic N) is 5. The van der Waals surface area contributed by atoms with Crippen molar-refractivity contribution in [3.63, 3.8) is 0 Å². The zero-order valence-corrected chi connectivity index (χ0v) is 20.5. The first-order chi connectivity index (χ1) is 16.3. The molecule has 0 aliphatic carbocycles. The number of hydrogen-bond acceptors (Lipinski definition) is 6. The zero-order chi connectivity index (χ0) is 24.2. The average Bonchev–Trinajstić information content (AvgIpc) is 3.41. The van der Waals surface area contributed by atoms with Crippen molar-refractivity contribution in [2.24, 2.45) is 5.92 Å². The van der Waals surface area contributed by atoms with Crippen LogP contribution in [-0.2, 0) is 17.1 Å². The summed E-state index contributed by atoms with van der Waals surface area (Å²) in [6.45, 7) is 6.16. The van der Waals surface area contributed by atoms with Gasteiger partial charge in [0.15, 0.2) is 16.1 Å². The monoisotopic (exact) mass is 499 g/mol. The van der Waals surface area contributed by atoms with E-state index in [-0.39, 0.29) is 17.4 Å². The van der Waals surface area contributed by atoms with E-state index in [0.717, 1.165) is 5.69 Å². The van der Waals surface area contributed by atoms with Gasteiger partial charge in [-0.25, -0.2) is 13.8 Å². The number of aromatic nitrogens is 4. The summed E-state index contributed by atoms with van der Waals surface area (Å²) in [4.78, 5) is 18.1. The van der Waals surface area contributed by atoms with E-state index in [1.54, 1.807) is 36.4 Å². The molecule has 0 aliphatic rings. The van der Waals surface area contributed by atoms with Crippen molar-refractivity contribution in [2.45, 2.75) is 38.2 Å². The summed E-state index contributed by atoms with van der Waals surface area (Å²) >= 11 is 2.69. The largest absolute Gasteiger partial charge is 0.302 e. The molecule has 1 amide bonds. The topological polar surface area (TPSA) is 63.9 Å². The normalized spacial score (nSPS) is 11.2. The number of benzene rings is 2. The maximum Gasteiger partial charge on any atom is 0.230 e. The van der Waals surface area contributed by atoms with Gasteiger partial charge in [-0.05, 0) is 30.2 Å². The molecule has 0 spiro atoms. The fraction of sp³-hybridized carbons (Fsp3) is 0.250. The number of halogens is 2. The molecular formula is C24H23F2N5OS2. The molecule has 0 unspecified atom stereocenters. The van der Waals surface area contributed by atoms with Gasteiger partial charge in [-0.3, -0.25) is 9.69 Å². The summed E-state index contributed by atoms with van der Waals surface area (Å²) < 4.78 is 30.6. The summed E-state index contributed by atoms with van der Waals surface area (Å²) in [5, 5.41) is 11.4. The lowest BCUT2D eigenvalue weighted by atomic mass is 10.2. The Hall–Kier alpha value is -3.11. The molecule has 0 fully saturated rings. The summed E-state index contributed by atoms with van der Waals surface area (Å²) in [5.74, 6) is 0.0777. The van der Waals surface area contributed by atoms with Crippen LogP contribution in [0.15, 0.2) is 59.1 Å². The first-order valence-electron chi connectivity index (χ1n) is 10.7. The fourth-order valence-corrected chi connectivity index (χ4v) is 5.24. The summed E-state index contributed by atoms with van der Waals surface area (Å²) in [6, 6.07) is 12.6. The van der Waals surface area contributed by atoms with Crippen molar-refractivity contribution in [3.8, 4) is 11.4 Å². The highest BCUT2D eigenvalue weighted by Gasteiger charge is 2.22. The second-order valence-electron chi connectivity index (χ2n) is 8.01. The molecule has 10 heteroatoms. The number of amides is 1. The van der Waals surface area contributed by atoms with Gasteiger partial charge in [0.05, 0.1) is 16.9 Å². The van der Waals surface area contributed by atoms with Crippen LogP contribution in [0.2, 0.25) is 0 Å². The smallest absolute Gasteiger partial charge is 0.230 e. The lowest BCUT2D eigenvalue weighted by Crippen LogP contribution is -2.23. The molecule has 6 nitrogen and oxygen atoms in total. The molecule has 2 aromatic carbocycles. The number of carbonyl (C=O) groups is 1. The molecule has 0 saturated carbocycles. The van der Waals surface area contributed by atoms with Gasteiger partial charge >= 0.3 is 0 Å². The standard InChI is InChI=1S/C24H23F2N5OS2/c1-15(2)12-30-22(18-8-4-5-9-19(18)25)28-29-24(30)34-14-17-13-33-23(27-17)31(16(3)32)21-11-7-6-10-20(21)26/h4-11,13,15H,12,14H2,1-3H3. The predicted molar refractivity (Wildman–Crippen MR) is 131 cm³/mol. The molecule has 2 aromatic heterocycles. The van der Waals surface area contributed by atoms with Gasteiger partial charge in [0.2, 0.25) is 5.91 Å². The zero-order valence-electron chi connectivity index (χ0n) is 18.9. The number of thioether (sulfide) groups is 1. The Balaban J connectivity index is 1.57. The molecule has 0 aliphatic heterocycles. The molecule has 0 atom stereocenters. The van der Waals surface area contributed by atoms with Crippen LogP contribution >= 0.6 is 23.1 Å². The molecule has 176 valence electrons. The van der Waals surface area contributed by atoms with E-state index in [0.29, 0.717) is 39.9 Å². The fourth-order valence-electron chi connectivity index (χ4n) is 3.41. The highest BCUT2D eigenvalue weighted by Crippen LogP contribution is 2.33. The minimum Gasteiger partial charge on any atom is -0.302 e. The number of rotatable bonds is 8. The molecule has 34 heavy (non-hydrogen) atoms. The highest BCUT2D eigenvalue weighted by molar-refractivity contribution is 7.98. The number of anilines is 2. The maximum atomic E-state index is 14.4. The Bertz CT molecular complexity index is 1300. The van der Waals surface area contributed by atoms with Crippen molar-refractivity contribution >= 4 is 39.8 Å². The minimum absolute atomic E-state index is 0.162. The molecular weight excluding hydrogens is 476 g/mol. The van der Waals surface area contributed by atoms with Gasteiger partial charge in [0.25, 0.3) is 0 Å². The quantitative estimate of drug-likeness (QED) is 0.266. The molecule has 0 saturated heterocycles. The van der Waals surface area contributed by atoms with Gasteiger partial charge in [0.1, 0.15) is 11.6 Å². The summed E-state index contributed by atoms with van der Waals surface area (Å²) in [7, 11) is 0. The van der Waals surface area contributed by atoms with E-state index in [1.165, 1.54) is 47.1 Å². The number of hydrogen-bond donors (Lipinski definition) is 0. The predicted octanol–water partition coefficient (Wildman–Crippen LogP) is 6.31. The van der Waals surface area contributed by atoms with Crippen molar-refractivity contribution in [2.75, 3.05) is 4.90 Å². The minimum atomic E-state index is -0.494. The summed E-state index contributed by atoms with van der Waals surface area (Å²) in [5.41, 5.74) is 1.29. The summed E-state index contributed by atoms with van der Waals surface area (Å²) in [6.07, 6.45) is 0. The third kappa shape index (κ3) is 5.18. The number of carbonyl (C=O) groups excluding carboxylic acids is 1. The van der Waals surface area contributed by atoms with Crippen LogP contribution in [0.5, 0.6) is 0 Å². The second-order valence-corrected chi connectivity index (χ2v) is 9.79. The third-order valence-electron chi connectivity index (χ3n) is 4.87. The van der Waals surface area contributed by atoms with Crippen molar-refractivity contribution < 1.29 is 13.6 Å². The van der Waals surface area contributed by atoms with Gasteiger partial charge in [-0.1, -0.05) is 49.9 Å². The Morgan fingerprint density at radius 3 is 2.47 bits per heavy atom. The van der Waals surface area contributed by atoms with Crippen LogP contribution in [0.3, 0.4) is 0 Å². The Morgan fingerprint density at radius 2 is 1.79 bits per heavy atom. The van der Waals surface area contributed by atoms with Crippen LogP contribution in [0.4, 0.5) is 19.6 Å². The van der Waals surface area contributed by atoms with E-state index >= 15 is 0 Å². The van der Waals surface area contributed by atoms with Crippen LogP contribution in [-0.4, -0.2) is 25.7 Å². The van der Waals surface area contributed by atoms with Crippen LogP contribution in [0, 0.1) is 17.6 Å². The van der Waals surface area contributed by atoms with Crippen LogP contribution in [0.25, 0.3) is 11.4 Å². The van der Waals surface area contributed by atoms with Crippen molar-refractivity contribution in [1.82, 2.24) is 19.7 Å². The maximum absolute atomic E-state index is 14.4. The van der Waals surface area contributed by atoms with E-state index in [1.807, 2.05) is 9.95 Å². The SMILES string of the molecule is CC(=O)N(c1nc(CSc2nnc(-c3ccccc3F)n2CC(C)C)cs1)c1ccccc1F. The van der Waals surface area contributed by atoms with Crippen molar-refractivity contribution in [3.05, 3.63) is 71.2 Å². The molecule has 2 heterocycles. The number of para-hydroxylation sites is 1. The van der Waals surface area contributed by atoms with E-state index < -0.39 is 5.82 Å². The molecule has 0 N–H and O–H groups in total. The van der Waals surface area contributed by atoms with Crippen LogP contribution in [0.1, 0.15) is 26.5 Å². The van der Waals surface area contributed by atoms with E-state index in [9.17, 15) is 13.6 Å². The molecule has 0 radical (unpaired) electrons. The van der Waals surface area contributed by atoms with Gasteiger partial charge in [-0.2, -0.15) is 0 Å². The lowest BCUT2D eigenvalue weighted by molar-refractivity contribution is -0.115. The van der Waals surface area contributed by atoms with Gasteiger partial charge < -0.3 is 4.57 Å². The Morgan fingerprint density at radius 1 is 1.09 bits per heavy atom. The van der Waals surface area contributed by atoms with Crippen molar-refractivity contribution in [1.29, 1.82) is 0 Å². The first-order valence-corrected chi connectivity index (χ1v) is 12.5. The molecule has 0 bridgehead atoms. The van der Waals surface area contributed by atoms with Crippen LogP contribution < -0.4 is 4.90 Å². The second kappa shape index (κ2) is 10.4. The first kappa shape index (κ1) is 24.0. The Labute approximate surface area is 204 Å². The number of thiazole rings is 1. The van der Waals surface area contributed by atoms with E-state index in [2.05, 4.69) is 29.0 Å².